The molecule has 1 aromatic carbocycles. The van der Waals surface area contributed by atoms with E-state index in [0.717, 1.165) is 17.7 Å². The lowest BCUT2D eigenvalue weighted by Gasteiger charge is -2.06. The van der Waals surface area contributed by atoms with Gasteiger partial charge in [-0.3, -0.25) is 0 Å². The Morgan fingerprint density at radius 3 is 2.65 bits per heavy atom. The number of pyridine rings is 1. The zero-order valence-corrected chi connectivity index (χ0v) is 9.36. The molecule has 2 aromatic rings. The van der Waals surface area contributed by atoms with Crippen molar-refractivity contribution in [2.75, 3.05) is 17.6 Å². The Labute approximate surface area is 99.5 Å². The maximum atomic E-state index is 13.2. The number of anilines is 2. The first-order valence-corrected chi connectivity index (χ1v) is 5.44. The van der Waals surface area contributed by atoms with E-state index in [9.17, 15) is 4.39 Å². The number of nitrogen functional groups attached to an aromatic ring is 1. The third-order valence-corrected chi connectivity index (χ3v) is 2.44. The van der Waals surface area contributed by atoms with Gasteiger partial charge in [-0.25, -0.2) is 9.37 Å². The minimum absolute atomic E-state index is 0.294. The number of hydrogen-bond donors (Lipinski definition) is 2. The van der Waals surface area contributed by atoms with Crippen molar-refractivity contribution in [3.63, 3.8) is 0 Å². The van der Waals surface area contributed by atoms with Crippen LogP contribution in [0.3, 0.4) is 0 Å². The van der Waals surface area contributed by atoms with Crippen molar-refractivity contribution in [3.05, 3.63) is 54.0 Å². The van der Waals surface area contributed by atoms with E-state index in [1.54, 1.807) is 12.3 Å². The first kappa shape index (κ1) is 11.4. The summed E-state index contributed by atoms with van der Waals surface area (Å²) in [4.78, 5) is 3.92. The molecule has 0 unspecified atom stereocenters. The Balaban J connectivity index is 1.88. The Bertz CT molecular complexity index is 482. The Hall–Kier alpha value is -2.10. The van der Waals surface area contributed by atoms with Gasteiger partial charge in [-0.05, 0) is 36.2 Å². The quantitative estimate of drug-likeness (QED) is 0.795. The van der Waals surface area contributed by atoms with E-state index in [1.165, 1.54) is 6.07 Å². The monoisotopic (exact) mass is 231 g/mol. The van der Waals surface area contributed by atoms with Crippen LogP contribution in [0.15, 0.2) is 42.6 Å². The van der Waals surface area contributed by atoms with E-state index < -0.39 is 0 Å². The van der Waals surface area contributed by atoms with Crippen LogP contribution < -0.4 is 11.1 Å². The molecule has 0 spiro atoms. The lowest BCUT2D eigenvalue weighted by molar-refractivity contribution is 0.624. The fraction of sp³-hybridized carbons (Fsp3) is 0.154. The molecule has 88 valence electrons. The van der Waals surface area contributed by atoms with E-state index in [1.807, 2.05) is 24.3 Å². The van der Waals surface area contributed by atoms with Crippen LogP contribution in [0.2, 0.25) is 0 Å². The van der Waals surface area contributed by atoms with Crippen LogP contribution in [0.4, 0.5) is 15.9 Å². The molecule has 0 bridgehead atoms. The van der Waals surface area contributed by atoms with Gasteiger partial charge < -0.3 is 11.1 Å². The van der Waals surface area contributed by atoms with Crippen molar-refractivity contribution < 1.29 is 4.39 Å². The standard InChI is InChI=1S/C13H14FN3/c14-12-2-1-8-16-13(12)17-9-7-10-3-5-11(15)6-4-10/h1-6,8H,7,9,15H2,(H,16,17). The second-order valence-corrected chi connectivity index (χ2v) is 3.75. The van der Waals surface area contributed by atoms with Crippen LogP contribution in [0.25, 0.3) is 0 Å². The number of halogens is 1. The molecule has 0 radical (unpaired) electrons. The van der Waals surface area contributed by atoms with Crippen LogP contribution in [-0.4, -0.2) is 11.5 Å². The molecule has 0 fully saturated rings. The zero-order valence-electron chi connectivity index (χ0n) is 9.36. The summed E-state index contributed by atoms with van der Waals surface area (Å²) in [6.07, 6.45) is 2.37. The van der Waals surface area contributed by atoms with Crippen molar-refractivity contribution >= 4 is 11.5 Å². The van der Waals surface area contributed by atoms with Gasteiger partial charge in [0.15, 0.2) is 11.6 Å². The van der Waals surface area contributed by atoms with Gasteiger partial charge in [-0.2, -0.15) is 0 Å². The average Bonchev–Trinajstić information content (AvgIpc) is 2.34. The predicted molar refractivity (Wildman–Crippen MR) is 67.2 cm³/mol. The molecule has 0 saturated heterocycles. The minimum Gasteiger partial charge on any atom is -0.399 e. The Morgan fingerprint density at radius 2 is 1.94 bits per heavy atom. The maximum absolute atomic E-state index is 13.2. The predicted octanol–water partition coefficient (Wildman–Crippen LogP) is 2.46. The van der Waals surface area contributed by atoms with E-state index in [0.29, 0.717) is 12.4 Å². The summed E-state index contributed by atoms with van der Waals surface area (Å²) in [5.74, 6) is -0.0345. The first-order chi connectivity index (χ1) is 8.25. The normalized spacial score (nSPS) is 10.2. The number of rotatable bonds is 4. The largest absolute Gasteiger partial charge is 0.399 e. The van der Waals surface area contributed by atoms with Crippen LogP contribution in [0.5, 0.6) is 0 Å². The summed E-state index contributed by atoms with van der Waals surface area (Å²) in [6, 6.07) is 10.6. The fourth-order valence-corrected chi connectivity index (χ4v) is 1.53. The average molecular weight is 231 g/mol. The van der Waals surface area contributed by atoms with Gasteiger partial charge in [0.2, 0.25) is 0 Å². The molecular formula is C13H14FN3. The highest BCUT2D eigenvalue weighted by atomic mass is 19.1. The molecule has 0 amide bonds. The van der Waals surface area contributed by atoms with Gasteiger partial charge in [-0.15, -0.1) is 0 Å². The SMILES string of the molecule is Nc1ccc(CCNc2ncccc2F)cc1. The molecule has 0 aliphatic carbocycles. The van der Waals surface area contributed by atoms with E-state index in [4.69, 9.17) is 5.73 Å². The summed E-state index contributed by atoms with van der Waals surface area (Å²) >= 11 is 0. The molecule has 3 N–H and O–H groups in total. The molecule has 0 aliphatic rings. The number of nitrogens with one attached hydrogen (secondary N) is 1. The summed E-state index contributed by atoms with van der Waals surface area (Å²) in [6.45, 7) is 0.637. The van der Waals surface area contributed by atoms with Crippen molar-refractivity contribution in [3.8, 4) is 0 Å². The number of nitrogens with two attached hydrogens (primary N) is 1. The van der Waals surface area contributed by atoms with E-state index in [2.05, 4.69) is 10.3 Å². The van der Waals surface area contributed by atoms with Crippen molar-refractivity contribution in [2.45, 2.75) is 6.42 Å². The van der Waals surface area contributed by atoms with Gasteiger partial charge in [-0.1, -0.05) is 12.1 Å². The van der Waals surface area contributed by atoms with E-state index in [-0.39, 0.29) is 5.82 Å². The van der Waals surface area contributed by atoms with Crippen molar-refractivity contribution in [1.29, 1.82) is 0 Å². The second kappa shape index (κ2) is 5.30. The molecular weight excluding hydrogens is 217 g/mol. The number of nitrogens with zero attached hydrogens (tertiary/aromatic N) is 1. The molecule has 0 saturated carbocycles. The van der Waals surface area contributed by atoms with Crippen LogP contribution in [-0.2, 0) is 6.42 Å². The van der Waals surface area contributed by atoms with Gasteiger partial charge in [0.1, 0.15) is 0 Å². The molecule has 2 rings (SSSR count). The highest BCUT2D eigenvalue weighted by molar-refractivity contribution is 5.40. The summed E-state index contributed by atoms with van der Waals surface area (Å²) in [7, 11) is 0. The Kier molecular flexibility index (Phi) is 3.55. The molecule has 0 atom stereocenters. The lowest BCUT2D eigenvalue weighted by atomic mass is 10.1. The first-order valence-electron chi connectivity index (χ1n) is 5.44. The molecule has 1 heterocycles. The summed E-state index contributed by atoms with van der Waals surface area (Å²) < 4.78 is 13.2. The summed E-state index contributed by atoms with van der Waals surface area (Å²) in [5, 5.41) is 2.96. The topological polar surface area (TPSA) is 50.9 Å². The van der Waals surface area contributed by atoms with Crippen LogP contribution in [0.1, 0.15) is 5.56 Å². The van der Waals surface area contributed by atoms with Gasteiger partial charge >= 0.3 is 0 Å². The number of benzene rings is 1. The number of hydrogen-bond acceptors (Lipinski definition) is 3. The third kappa shape index (κ3) is 3.17. The second-order valence-electron chi connectivity index (χ2n) is 3.75. The number of aromatic nitrogens is 1. The molecule has 4 heteroatoms. The highest BCUT2D eigenvalue weighted by Gasteiger charge is 2.00. The van der Waals surface area contributed by atoms with Crippen LogP contribution >= 0.6 is 0 Å². The van der Waals surface area contributed by atoms with Gasteiger partial charge in [0.05, 0.1) is 0 Å². The summed E-state index contributed by atoms with van der Waals surface area (Å²) in [5.41, 5.74) is 7.49. The highest BCUT2D eigenvalue weighted by Crippen LogP contribution is 2.09. The smallest absolute Gasteiger partial charge is 0.165 e. The van der Waals surface area contributed by atoms with Gasteiger partial charge in [0.25, 0.3) is 0 Å². The molecule has 0 aliphatic heterocycles. The maximum Gasteiger partial charge on any atom is 0.165 e. The zero-order chi connectivity index (χ0) is 12.1. The third-order valence-electron chi connectivity index (χ3n) is 2.44. The minimum atomic E-state index is -0.329. The van der Waals surface area contributed by atoms with E-state index >= 15 is 0 Å². The molecule has 3 nitrogen and oxygen atoms in total. The van der Waals surface area contributed by atoms with Crippen LogP contribution in [0, 0.1) is 5.82 Å². The van der Waals surface area contributed by atoms with Crippen molar-refractivity contribution in [2.24, 2.45) is 0 Å². The fourth-order valence-electron chi connectivity index (χ4n) is 1.53. The lowest BCUT2D eigenvalue weighted by Crippen LogP contribution is -2.07. The Morgan fingerprint density at radius 1 is 1.18 bits per heavy atom. The molecule has 1 aromatic heterocycles. The molecule has 17 heavy (non-hydrogen) atoms. The van der Waals surface area contributed by atoms with Crippen molar-refractivity contribution in [1.82, 2.24) is 4.98 Å². The van der Waals surface area contributed by atoms with Gasteiger partial charge in [0, 0.05) is 18.4 Å².